The quantitative estimate of drug-likeness (QED) is 0.617. The molecule has 0 saturated carbocycles. The molecule has 0 fully saturated rings. The van der Waals surface area contributed by atoms with E-state index in [1.807, 2.05) is 35.9 Å². The molecule has 2 aromatic rings. The third kappa shape index (κ3) is 4.52. The Labute approximate surface area is 134 Å². The van der Waals surface area contributed by atoms with Gasteiger partial charge in [-0.1, -0.05) is 23.9 Å². The van der Waals surface area contributed by atoms with Crippen LogP contribution in [-0.4, -0.2) is 34.2 Å². The molecular formula is C13H19ClN4O2S. The van der Waals surface area contributed by atoms with Gasteiger partial charge in [-0.15, -0.1) is 22.6 Å². The first kappa shape index (κ1) is 17.6. The highest BCUT2D eigenvalue weighted by Gasteiger charge is 2.08. The molecule has 0 bridgehead atoms. The van der Waals surface area contributed by atoms with E-state index in [1.165, 1.54) is 0 Å². The average molecular weight is 331 g/mol. The smallest absolute Gasteiger partial charge is 0.191 e. The maximum absolute atomic E-state index is 5.69. The number of nitrogens with zero attached hydrogens (tertiary/aromatic N) is 3. The highest BCUT2D eigenvalue weighted by molar-refractivity contribution is 7.99. The maximum Gasteiger partial charge on any atom is 0.191 e. The van der Waals surface area contributed by atoms with Crippen LogP contribution in [0.2, 0.25) is 0 Å². The lowest BCUT2D eigenvalue weighted by atomic mass is 10.3. The highest BCUT2D eigenvalue weighted by Crippen LogP contribution is 2.26. The number of methoxy groups -OCH3 is 1. The molecule has 0 aliphatic heterocycles. The van der Waals surface area contributed by atoms with Crippen molar-refractivity contribution >= 4 is 24.2 Å². The van der Waals surface area contributed by atoms with E-state index in [0.717, 1.165) is 28.2 Å². The SMILES string of the molecule is COc1ccccc1OCCSc1nnc(CN)n1C.Cl. The Balaban J connectivity index is 0.00000220. The standard InChI is InChI=1S/C13H18N4O2S.ClH/c1-17-12(9-14)15-16-13(17)20-8-7-19-11-6-4-3-5-10(11)18-2;/h3-6H,7-9,14H2,1-2H3;1H. The number of para-hydroxylation sites is 2. The fraction of sp³-hybridized carbons (Fsp3) is 0.385. The average Bonchev–Trinajstić information content (AvgIpc) is 2.84. The Morgan fingerprint density at radius 2 is 1.95 bits per heavy atom. The van der Waals surface area contributed by atoms with Crippen LogP contribution in [-0.2, 0) is 13.6 Å². The molecule has 0 radical (unpaired) electrons. The summed E-state index contributed by atoms with van der Waals surface area (Å²) in [5.41, 5.74) is 5.56. The van der Waals surface area contributed by atoms with Crippen molar-refractivity contribution in [3.63, 3.8) is 0 Å². The highest BCUT2D eigenvalue weighted by atomic mass is 35.5. The Hall–Kier alpha value is -1.44. The normalized spacial score (nSPS) is 10.0. The molecular weight excluding hydrogens is 312 g/mol. The Bertz CT molecular complexity index is 565. The number of nitrogens with two attached hydrogens (primary N) is 1. The minimum atomic E-state index is 0. The van der Waals surface area contributed by atoms with E-state index >= 15 is 0 Å². The second-order valence-corrected chi connectivity index (χ2v) is 5.07. The minimum absolute atomic E-state index is 0. The van der Waals surface area contributed by atoms with Crippen molar-refractivity contribution in [2.75, 3.05) is 19.5 Å². The van der Waals surface area contributed by atoms with Crippen LogP contribution in [0.15, 0.2) is 29.4 Å². The molecule has 0 aliphatic rings. The van der Waals surface area contributed by atoms with Crippen LogP contribution in [0, 0.1) is 0 Å². The molecule has 2 N–H and O–H groups in total. The molecule has 0 amide bonds. The van der Waals surface area contributed by atoms with Crippen LogP contribution in [0.5, 0.6) is 11.5 Å². The number of halogens is 1. The Morgan fingerprint density at radius 1 is 1.24 bits per heavy atom. The molecule has 1 aromatic heterocycles. The van der Waals surface area contributed by atoms with Gasteiger partial charge in [-0.25, -0.2) is 0 Å². The van der Waals surface area contributed by atoms with Crippen LogP contribution in [0.25, 0.3) is 0 Å². The first-order valence-electron chi connectivity index (χ1n) is 6.23. The number of hydrogen-bond donors (Lipinski definition) is 1. The second kappa shape index (κ2) is 8.76. The van der Waals surface area contributed by atoms with Crippen molar-refractivity contribution in [1.29, 1.82) is 0 Å². The van der Waals surface area contributed by atoms with Crippen molar-refractivity contribution in [2.24, 2.45) is 12.8 Å². The lowest BCUT2D eigenvalue weighted by molar-refractivity contribution is 0.313. The summed E-state index contributed by atoms with van der Waals surface area (Å²) in [6, 6.07) is 7.59. The lowest BCUT2D eigenvalue weighted by Gasteiger charge is -2.09. The van der Waals surface area contributed by atoms with Crippen molar-refractivity contribution in [3.05, 3.63) is 30.1 Å². The zero-order valence-corrected chi connectivity index (χ0v) is 13.6. The van der Waals surface area contributed by atoms with E-state index in [0.29, 0.717) is 13.2 Å². The van der Waals surface area contributed by atoms with Crippen molar-refractivity contribution < 1.29 is 9.47 Å². The van der Waals surface area contributed by atoms with Gasteiger partial charge in [0, 0.05) is 12.8 Å². The number of hydrogen-bond acceptors (Lipinski definition) is 6. The molecule has 1 aromatic carbocycles. The fourth-order valence-corrected chi connectivity index (χ4v) is 2.42. The summed E-state index contributed by atoms with van der Waals surface area (Å²) in [6.45, 7) is 0.956. The summed E-state index contributed by atoms with van der Waals surface area (Å²) < 4.78 is 12.8. The van der Waals surface area contributed by atoms with Gasteiger partial charge < -0.3 is 19.8 Å². The van der Waals surface area contributed by atoms with Crippen LogP contribution < -0.4 is 15.2 Å². The monoisotopic (exact) mass is 330 g/mol. The summed E-state index contributed by atoms with van der Waals surface area (Å²) in [5, 5.41) is 8.93. The van der Waals surface area contributed by atoms with Crippen molar-refractivity contribution in [1.82, 2.24) is 14.8 Å². The van der Waals surface area contributed by atoms with Gasteiger partial charge in [-0.2, -0.15) is 0 Å². The number of aromatic nitrogens is 3. The van der Waals surface area contributed by atoms with Crippen molar-refractivity contribution in [3.8, 4) is 11.5 Å². The molecule has 2 rings (SSSR count). The van der Waals surface area contributed by atoms with Gasteiger partial charge in [0.15, 0.2) is 16.7 Å². The van der Waals surface area contributed by atoms with Gasteiger partial charge in [0.25, 0.3) is 0 Å². The van der Waals surface area contributed by atoms with E-state index in [1.54, 1.807) is 18.9 Å². The van der Waals surface area contributed by atoms with Crippen LogP contribution in [0.3, 0.4) is 0 Å². The number of ether oxygens (including phenoxy) is 2. The number of rotatable bonds is 7. The van der Waals surface area contributed by atoms with Crippen LogP contribution in [0.1, 0.15) is 5.82 Å². The molecule has 8 heteroatoms. The van der Waals surface area contributed by atoms with Crippen LogP contribution >= 0.6 is 24.2 Å². The summed E-state index contributed by atoms with van der Waals surface area (Å²) in [6.07, 6.45) is 0. The zero-order valence-electron chi connectivity index (χ0n) is 12.0. The van der Waals surface area contributed by atoms with Gasteiger partial charge in [0.1, 0.15) is 5.82 Å². The van der Waals surface area contributed by atoms with Gasteiger partial charge >= 0.3 is 0 Å². The van der Waals surface area contributed by atoms with E-state index in [-0.39, 0.29) is 12.4 Å². The Kier molecular flexibility index (Phi) is 7.35. The lowest BCUT2D eigenvalue weighted by Crippen LogP contribution is -2.06. The topological polar surface area (TPSA) is 75.2 Å². The molecule has 1 heterocycles. The summed E-state index contributed by atoms with van der Waals surface area (Å²) in [5.74, 6) is 3.03. The van der Waals surface area contributed by atoms with Crippen LogP contribution in [0.4, 0.5) is 0 Å². The van der Waals surface area contributed by atoms with E-state index in [9.17, 15) is 0 Å². The van der Waals surface area contributed by atoms with Gasteiger partial charge in [0.05, 0.1) is 20.3 Å². The minimum Gasteiger partial charge on any atom is -0.493 e. The van der Waals surface area contributed by atoms with Gasteiger partial charge in [0.2, 0.25) is 0 Å². The molecule has 0 saturated heterocycles. The van der Waals surface area contributed by atoms with E-state index < -0.39 is 0 Å². The largest absolute Gasteiger partial charge is 0.493 e. The molecule has 0 aliphatic carbocycles. The fourth-order valence-electron chi connectivity index (χ4n) is 1.67. The van der Waals surface area contributed by atoms with Gasteiger partial charge in [-0.05, 0) is 12.1 Å². The first-order valence-corrected chi connectivity index (χ1v) is 7.21. The second-order valence-electron chi connectivity index (χ2n) is 4.01. The third-order valence-corrected chi connectivity index (χ3v) is 3.73. The number of thioether (sulfide) groups is 1. The van der Waals surface area contributed by atoms with Crippen molar-refractivity contribution in [2.45, 2.75) is 11.7 Å². The van der Waals surface area contributed by atoms with Gasteiger partial charge in [-0.3, -0.25) is 0 Å². The number of benzene rings is 1. The third-order valence-electron chi connectivity index (χ3n) is 2.75. The summed E-state index contributed by atoms with van der Waals surface area (Å²) in [7, 11) is 3.54. The zero-order chi connectivity index (χ0) is 14.4. The molecule has 0 unspecified atom stereocenters. The molecule has 0 atom stereocenters. The summed E-state index contributed by atoms with van der Waals surface area (Å²) in [4.78, 5) is 0. The predicted molar refractivity (Wildman–Crippen MR) is 85.4 cm³/mol. The predicted octanol–water partition coefficient (Wildman–Crippen LogP) is 1.88. The summed E-state index contributed by atoms with van der Waals surface area (Å²) >= 11 is 1.58. The molecule has 21 heavy (non-hydrogen) atoms. The molecule has 0 spiro atoms. The molecule has 116 valence electrons. The maximum atomic E-state index is 5.69. The van der Waals surface area contributed by atoms with E-state index in [4.69, 9.17) is 15.2 Å². The van der Waals surface area contributed by atoms with E-state index in [2.05, 4.69) is 10.2 Å². The molecule has 6 nitrogen and oxygen atoms in total. The first-order chi connectivity index (χ1) is 9.76. The Morgan fingerprint density at radius 3 is 2.57 bits per heavy atom.